The summed E-state index contributed by atoms with van der Waals surface area (Å²) in [5.41, 5.74) is 0.699. The van der Waals surface area contributed by atoms with E-state index in [1.807, 2.05) is 7.05 Å². The van der Waals surface area contributed by atoms with Crippen LogP contribution in [0.15, 0.2) is 0 Å². The minimum absolute atomic E-state index is 0.276. The van der Waals surface area contributed by atoms with Crippen LogP contribution in [0.2, 0.25) is 0 Å². The summed E-state index contributed by atoms with van der Waals surface area (Å²) in [6, 6.07) is 0. The van der Waals surface area contributed by atoms with Crippen molar-refractivity contribution in [1.29, 1.82) is 0 Å². The predicted molar refractivity (Wildman–Crippen MR) is 45.0 cm³/mol. The van der Waals surface area contributed by atoms with E-state index in [-0.39, 0.29) is 5.54 Å². The molecule has 1 nitrogen and oxygen atoms in total. The topological polar surface area (TPSA) is 15.6 Å². The Morgan fingerprint density at radius 3 is 1.50 bits per heavy atom. The van der Waals surface area contributed by atoms with E-state index in [2.05, 4.69) is 39.9 Å². The van der Waals surface area contributed by atoms with Gasteiger partial charge in [0.05, 0.1) is 0 Å². The largest absolute Gasteiger partial charge is 0.180 e. The lowest BCUT2D eigenvalue weighted by atomic mass is 9.82. The van der Waals surface area contributed by atoms with Crippen molar-refractivity contribution in [3.05, 3.63) is 0 Å². The van der Waals surface area contributed by atoms with Gasteiger partial charge >= 0.3 is 0 Å². The number of hydrogen-bond donors (Lipinski definition) is 1. The van der Waals surface area contributed by atoms with Gasteiger partial charge in [0.2, 0.25) is 0 Å². The maximum Gasteiger partial charge on any atom is 0.135 e. The zero-order valence-electron chi connectivity index (χ0n) is 8.21. The summed E-state index contributed by atoms with van der Waals surface area (Å²) in [6.45, 7) is 11.3. The molecule has 0 saturated carbocycles. The summed E-state index contributed by atoms with van der Waals surface area (Å²) >= 11 is 0. The van der Waals surface area contributed by atoms with E-state index in [0.29, 0.717) is 5.41 Å². The Bertz CT molecular complexity index is 97.8. The van der Waals surface area contributed by atoms with E-state index in [4.69, 9.17) is 0 Å². The molecule has 0 atom stereocenters. The average Bonchev–Trinajstić information content (AvgIpc) is 1.60. The van der Waals surface area contributed by atoms with Crippen molar-refractivity contribution in [3.8, 4) is 0 Å². The third kappa shape index (κ3) is 4.80. The van der Waals surface area contributed by atoms with E-state index in [1.54, 1.807) is 0 Å². The maximum absolute atomic E-state index is 3.30. The summed E-state index contributed by atoms with van der Waals surface area (Å²) < 4.78 is 0. The Balaban J connectivity index is 3.89. The molecule has 0 amide bonds. The third-order valence-corrected chi connectivity index (χ3v) is 1.65. The molecule has 0 aliphatic rings. The van der Waals surface area contributed by atoms with Crippen LogP contribution in [0, 0.1) is 5.41 Å². The molecule has 1 N–H and O–H groups in total. The quantitative estimate of drug-likeness (QED) is 0.597. The molecule has 0 unspecified atom stereocenters. The Kier molecular flexibility index (Phi) is 2.90. The van der Waals surface area contributed by atoms with Crippen LogP contribution in [-0.4, -0.2) is 12.6 Å². The first-order valence-corrected chi connectivity index (χ1v) is 3.96. The predicted octanol–water partition coefficient (Wildman–Crippen LogP) is 1.18. The highest BCUT2D eigenvalue weighted by Gasteiger charge is 2.29. The molecular formula is C9H21N+. The monoisotopic (exact) mass is 143 g/mol. The van der Waals surface area contributed by atoms with Crippen LogP contribution in [0.25, 0.3) is 0 Å². The van der Waals surface area contributed by atoms with Crippen molar-refractivity contribution in [2.45, 2.75) is 46.6 Å². The van der Waals surface area contributed by atoms with Gasteiger partial charge in [-0.05, 0) is 19.3 Å². The second kappa shape index (κ2) is 2.91. The minimum Gasteiger partial charge on any atom is -0.180 e. The van der Waals surface area contributed by atoms with Crippen LogP contribution >= 0.6 is 0 Å². The molecule has 10 heavy (non-hydrogen) atoms. The fraction of sp³-hybridized carbons (Fsp3) is 1.00. The second-order valence-electron chi connectivity index (χ2n) is 4.87. The van der Waals surface area contributed by atoms with Crippen molar-refractivity contribution in [2.24, 2.45) is 5.41 Å². The number of nitrogens with one attached hydrogen (secondary N) is 1. The first-order chi connectivity index (χ1) is 4.27. The van der Waals surface area contributed by atoms with Gasteiger partial charge in [-0.1, -0.05) is 20.8 Å². The van der Waals surface area contributed by atoms with Gasteiger partial charge in [0.15, 0.2) is 0 Å². The Morgan fingerprint density at radius 1 is 1.00 bits per heavy atom. The van der Waals surface area contributed by atoms with Crippen molar-refractivity contribution >= 4 is 0 Å². The fourth-order valence-corrected chi connectivity index (χ4v) is 1.41. The molecule has 0 aromatic rings. The van der Waals surface area contributed by atoms with Gasteiger partial charge in [-0.15, -0.1) is 0 Å². The number of rotatable bonds is 2. The van der Waals surface area contributed by atoms with E-state index >= 15 is 0 Å². The minimum atomic E-state index is 0.276. The highest BCUT2D eigenvalue weighted by molar-refractivity contribution is 4.73. The first-order valence-electron chi connectivity index (χ1n) is 3.96. The molecule has 1 radical (unpaired) electrons. The molecule has 0 heterocycles. The normalized spacial score (nSPS) is 13.8. The van der Waals surface area contributed by atoms with Gasteiger partial charge in [-0.3, -0.25) is 0 Å². The standard InChI is InChI=1S/C9H21N/c1-8(2,3)7-9(4,5)10-6/h10H,7H2,1-6H3/q+1. The van der Waals surface area contributed by atoms with Gasteiger partial charge in [-0.25, -0.2) is 0 Å². The molecule has 0 aromatic heterocycles. The lowest BCUT2D eigenvalue weighted by Gasteiger charge is -2.26. The number of hydrogen-bond acceptors (Lipinski definition) is 1. The molecule has 0 aromatic carbocycles. The molecule has 0 spiro atoms. The fourth-order valence-electron chi connectivity index (χ4n) is 1.41. The molecule has 0 aliphatic carbocycles. The highest BCUT2D eigenvalue weighted by Crippen LogP contribution is 2.24. The zero-order valence-corrected chi connectivity index (χ0v) is 8.21. The average molecular weight is 143 g/mol. The van der Waals surface area contributed by atoms with Crippen molar-refractivity contribution < 1.29 is 5.32 Å². The van der Waals surface area contributed by atoms with Crippen LogP contribution in [0.4, 0.5) is 0 Å². The van der Waals surface area contributed by atoms with Gasteiger partial charge in [0.25, 0.3) is 0 Å². The lowest BCUT2D eigenvalue weighted by molar-refractivity contribution is -0.699. The van der Waals surface area contributed by atoms with Crippen molar-refractivity contribution in [2.75, 3.05) is 7.05 Å². The summed E-state index contributed by atoms with van der Waals surface area (Å²) in [4.78, 5) is 0. The van der Waals surface area contributed by atoms with Crippen LogP contribution in [-0.2, 0) is 0 Å². The lowest BCUT2D eigenvalue weighted by Crippen LogP contribution is -2.92. The van der Waals surface area contributed by atoms with E-state index in [0.717, 1.165) is 0 Å². The van der Waals surface area contributed by atoms with Crippen LogP contribution in [0.1, 0.15) is 41.0 Å². The molecule has 0 aliphatic heterocycles. The van der Waals surface area contributed by atoms with Gasteiger partial charge in [0.1, 0.15) is 12.6 Å². The Labute approximate surface area is 65.2 Å². The van der Waals surface area contributed by atoms with Gasteiger partial charge in [0, 0.05) is 6.42 Å². The molecule has 0 saturated heterocycles. The Morgan fingerprint density at radius 2 is 1.40 bits per heavy atom. The van der Waals surface area contributed by atoms with Crippen LogP contribution < -0.4 is 5.32 Å². The van der Waals surface area contributed by atoms with E-state index in [1.165, 1.54) is 6.42 Å². The molecule has 1 heteroatoms. The zero-order chi connectivity index (χ0) is 8.41. The maximum atomic E-state index is 3.30. The molecular weight excluding hydrogens is 122 g/mol. The highest BCUT2D eigenvalue weighted by atomic mass is 14.9. The first kappa shape index (κ1) is 9.96. The molecule has 0 rings (SSSR count). The summed E-state index contributed by atoms with van der Waals surface area (Å²) in [5, 5.41) is 3.30. The SMILES string of the molecule is C[NH+]C(C)(C)CC(C)(C)C. The summed E-state index contributed by atoms with van der Waals surface area (Å²) in [5.74, 6) is 0. The molecule has 0 fully saturated rings. The molecule has 0 bridgehead atoms. The van der Waals surface area contributed by atoms with Crippen LogP contribution in [0.3, 0.4) is 0 Å². The van der Waals surface area contributed by atoms with Crippen LogP contribution in [0.5, 0.6) is 0 Å². The molecule has 61 valence electrons. The third-order valence-electron chi connectivity index (χ3n) is 1.65. The Hall–Kier alpha value is -0.0400. The van der Waals surface area contributed by atoms with Gasteiger partial charge < -0.3 is 0 Å². The van der Waals surface area contributed by atoms with Gasteiger partial charge in [-0.2, -0.15) is 5.32 Å². The van der Waals surface area contributed by atoms with Crippen molar-refractivity contribution in [3.63, 3.8) is 0 Å². The summed E-state index contributed by atoms with van der Waals surface area (Å²) in [6.07, 6.45) is 1.20. The van der Waals surface area contributed by atoms with E-state index < -0.39 is 0 Å². The smallest absolute Gasteiger partial charge is 0.135 e. The van der Waals surface area contributed by atoms with E-state index in [9.17, 15) is 0 Å². The van der Waals surface area contributed by atoms with Crippen molar-refractivity contribution in [1.82, 2.24) is 0 Å². The summed E-state index contributed by atoms with van der Waals surface area (Å²) in [7, 11) is 2.02. The second-order valence-corrected chi connectivity index (χ2v) is 4.87.